The van der Waals surface area contributed by atoms with Crippen molar-refractivity contribution >= 4 is 0 Å². The van der Waals surface area contributed by atoms with Crippen LogP contribution in [0.5, 0.6) is 11.5 Å². The minimum atomic E-state index is -0.00931. The predicted octanol–water partition coefficient (Wildman–Crippen LogP) is 3.91. The Bertz CT molecular complexity index is 594. The number of rotatable bonds is 3. The molecule has 2 atom stereocenters. The van der Waals surface area contributed by atoms with Gasteiger partial charge in [0.15, 0.2) is 0 Å². The van der Waals surface area contributed by atoms with Gasteiger partial charge in [-0.25, -0.2) is 0 Å². The van der Waals surface area contributed by atoms with Crippen LogP contribution in [0, 0.1) is 0 Å². The number of methoxy groups -OCH3 is 2. The van der Waals surface area contributed by atoms with E-state index in [1.54, 1.807) is 14.2 Å². The van der Waals surface area contributed by atoms with Crippen LogP contribution < -0.4 is 9.47 Å². The quantitative estimate of drug-likeness (QED) is 0.846. The lowest BCUT2D eigenvalue weighted by Gasteiger charge is -2.31. The lowest BCUT2D eigenvalue weighted by atomic mass is 9.95. The highest BCUT2D eigenvalue weighted by Gasteiger charge is 2.29. The van der Waals surface area contributed by atoms with Crippen LogP contribution in [-0.2, 0) is 4.74 Å². The summed E-state index contributed by atoms with van der Waals surface area (Å²) >= 11 is 0. The van der Waals surface area contributed by atoms with Crippen LogP contribution in [0.3, 0.4) is 0 Å². The van der Waals surface area contributed by atoms with Crippen molar-refractivity contribution in [2.45, 2.75) is 18.6 Å². The molecule has 3 nitrogen and oxygen atoms in total. The molecule has 0 N–H and O–H groups in total. The van der Waals surface area contributed by atoms with Gasteiger partial charge in [0.1, 0.15) is 17.6 Å². The van der Waals surface area contributed by atoms with Crippen LogP contribution in [0.25, 0.3) is 0 Å². The number of fused-ring (bicyclic) bond motifs is 1. The summed E-state index contributed by atoms with van der Waals surface area (Å²) < 4.78 is 17.0. The molecule has 1 aliphatic rings. The van der Waals surface area contributed by atoms with Gasteiger partial charge < -0.3 is 14.2 Å². The van der Waals surface area contributed by atoms with Crippen molar-refractivity contribution in [1.29, 1.82) is 0 Å². The molecule has 2 unspecified atom stereocenters. The molecule has 0 amide bonds. The van der Waals surface area contributed by atoms with Gasteiger partial charge in [-0.05, 0) is 23.8 Å². The van der Waals surface area contributed by atoms with Crippen molar-refractivity contribution in [2.24, 2.45) is 0 Å². The fourth-order valence-corrected chi connectivity index (χ4v) is 2.65. The molecule has 0 radical (unpaired) electrons. The third kappa shape index (κ3) is 2.37. The predicted molar refractivity (Wildman–Crippen MR) is 77.2 cm³/mol. The zero-order valence-corrected chi connectivity index (χ0v) is 11.7. The largest absolute Gasteiger partial charge is 0.497 e. The van der Waals surface area contributed by atoms with Crippen molar-refractivity contribution in [3.05, 3.63) is 59.7 Å². The first-order chi connectivity index (χ1) is 9.81. The molecule has 0 saturated carbocycles. The van der Waals surface area contributed by atoms with Gasteiger partial charge in [0.2, 0.25) is 0 Å². The number of hydrogen-bond donors (Lipinski definition) is 0. The second-order valence-corrected chi connectivity index (χ2v) is 4.88. The first kappa shape index (κ1) is 13.0. The molecule has 2 aromatic carbocycles. The molecule has 0 aromatic heterocycles. The third-order valence-corrected chi connectivity index (χ3v) is 3.71. The fraction of sp³-hybridized carbons (Fsp3) is 0.294. The topological polar surface area (TPSA) is 27.7 Å². The summed E-state index contributed by atoms with van der Waals surface area (Å²) in [5.74, 6) is 1.75. The van der Waals surface area contributed by atoms with E-state index < -0.39 is 0 Å². The van der Waals surface area contributed by atoms with Crippen LogP contribution in [0.15, 0.2) is 48.5 Å². The first-order valence-corrected chi connectivity index (χ1v) is 6.74. The van der Waals surface area contributed by atoms with E-state index in [-0.39, 0.29) is 12.2 Å². The molecule has 104 valence electrons. The van der Waals surface area contributed by atoms with Crippen molar-refractivity contribution in [3.8, 4) is 11.5 Å². The molecule has 0 aliphatic carbocycles. The normalized spacial score (nSPS) is 20.9. The minimum Gasteiger partial charge on any atom is -0.497 e. The van der Waals surface area contributed by atoms with E-state index in [2.05, 4.69) is 12.1 Å². The average Bonchev–Trinajstić information content (AvgIpc) is 2.53. The van der Waals surface area contributed by atoms with Gasteiger partial charge >= 0.3 is 0 Å². The smallest absolute Gasteiger partial charge is 0.127 e. The molecule has 20 heavy (non-hydrogen) atoms. The molecule has 3 rings (SSSR count). The second kappa shape index (κ2) is 5.55. The monoisotopic (exact) mass is 270 g/mol. The van der Waals surface area contributed by atoms with Gasteiger partial charge in [0.25, 0.3) is 0 Å². The van der Waals surface area contributed by atoms with Crippen molar-refractivity contribution < 1.29 is 14.2 Å². The highest BCUT2D eigenvalue weighted by atomic mass is 16.5. The molecular weight excluding hydrogens is 252 g/mol. The van der Waals surface area contributed by atoms with Crippen LogP contribution >= 0.6 is 0 Å². The minimum absolute atomic E-state index is 0.00931. The Balaban J connectivity index is 1.93. The standard InChI is InChI=1S/C17H18O3/c1-18-13-7-5-6-12(10-13)16-11-17(19-2)14-8-3-4-9-15(14)20-16/h3-10,16-17H,11H2,1-2H3. The zero-order valence-electron chi connectivity index (χ0n) is 11.7. The first-order valence-electron chi connectivity index (χ1n) is 6.74. The second-order valence-electron chi connectivity index (χ2n) is 4.88. The number of para-hydroxylation sites is 1. The Morgan fingerprint density at radius 1 is 1.05 bits per heavy atom. The number of hydrogen-bond acceptors (Lipinski definition) is 3. The molecule has 0 saturated heterocycles. The Kier molecular flexibility index (Phi) is 3.61. The van der Waals surface area contributed by atoms with Gasteiger partial charge in [0, 0.05) is 19.1 Å². The molecule has 3 heteroatoms. The van der Waals surface area contributed by atoms with E-state index in [0.29, 0.717) is 0 Å². The zero-order chi connectivity index (χ0) is 13.9. The van der Waals surface area contributed by atoms with Gasteiger partial charge in [0.05, 0.1) is 13.2 Å². The summed E-state index contributed by atoms with van der Waals surface area (Å²) in [6, 6.07) is 16.1. The Hall–Kier alpha value is -2.00. The maximum absolute atomic E-state index is 6.11. The summed E-state index contributed by atoms with van der Waals surface area (Å²) in [5, 5.41) is 0. The van der Waals surface area contributed by atoms with Gasteiger partial charge in [-0.15, -0.1) is 0 Å². The van der Waals surface area contributed by atoms with E-state index in [9.17, 15) is 0 Å². The Morgan fingerprint density at radius 2 is 1.90 bits per heavy atom. The van der Waals surface area contributed by atoms with Crippen molar-refractivity contribution in [1.82, 2.24) is 0 Å². The summed E-state index contributed by atoms with van der Waals surface area (Å²) in [7, 11) is 3.42. The average molecular weight is 270 g/mol. The van der Waals surface area contributed by atoms with Crippen molar-refractivity contribution in [3.63, 3.8) is 0 Å². The highest BCUT2D eigenvalue weighted by molar-refractivity contribution is 5.39. The number of ether oxygens (including phenoxy) is 3. The van der Waals surface area contributed by atoms with E-state index in [4.69, 9.17) is 14.2 Å². The lowest BCUT2D eigenvalue weighted by molar-refractivity contribution is 0.0301. The van der Waals surface area contributed by atoms with E-state index in [1.165, 1.54) is 0 Å². The van der Waals surface area contributed by atoms with Crippen LogP contribution in [0.2, 0.25) is 0 Å². The van der Waals surface area contributed by atoms with Crippen molar-refractivity contribution in [2.75, 3.05) is 14.2 Å². The van der Waals surface area contributed by atoms with Gasteiger partial charge in [-0.1, -0.05) is 30.3 Å². The Labute approximate surface area is 119 Å². The molecular formula is C17H18O3. The third-order valence-electron chi connectivity index (χ3n) is 3.71. The molecule has 1 heterocycles. The molecule has 0 bridgehead atoms. The summed E-state index contributed by atoms with van der Waals surface area (Å²) in [6.45, 7) is 0. The van der Waals surface area contributed by atoms with Gasteiger partial charge in [-0.3, -0.25) is 0 Å². The maximum atomic E-state index is 6.11. The summed E-state index contributed by atoms with van der Waals surface area (Å²) in [5.41, 5.74) is 2.23. The summed E-state index contributed by atoms with van der Waals surface area (Å²) in [4.78, 5) is 0. The highest BCUT2D eigenvalue weighted by Crippen LogP contribution is 2.42. The molecule has 0 spiro atoms. The lowest BCUT2D eigenvalue weighted by Crippen LogP contribution is -2.20. The molecule has 2 aromatic rings. The van der Waals surface area contributed by atoms with E-state index in [0.717, 1.165) is 29.0 Å². The van der Waals surface area contributed by atoms with Crippen LogP contribution in [0.1, 0.15) is 29.8 Å². The summed E-state index contributed by atoms with van der Waals surface area (Å²) in [6.07, 6.45) is 0.863. The Morgan fingerprint density at radius 3 is 2.70 bits per heavy atom. The van der Waals surface area contributed by atoms with Crippen LogP contribution in [0.4, 0.5) is 0 Å². The SMILES string of the molecule is COc1cccc(C2CC(OC)c3ccccc3O2)c1. The van der Waals surface area contributed by atoms with Crippen LogP contribution in [-0.4, -0.2) is 14.2 Å². The molecule has 1 aliphatic heterocycles. The molecule has 0 fully saturated rings. The fourth-order valence-electron chi connectivity index (χ4n) is 2.65. The van der Waals surface area contributed by atoms with E-state index in [1.807, 2.05) is 36.4 Å². The van der Waals surface area contributed by atoms with E-state index >= 15 is 0 Å². The maximum Gasteiger partial charge on any atom is 0.127 e. The van der Waals surface area contributed by atoms with Gasteiger partial charge in [-0.2, -0.15) is 0 Å². The number of benzene rings is 2.